The number of piperidine rings is 1. The van der Waals surface area contributed by atoms with Crippen molar-refractivity contribution < 1.29 is 14.0 Å². The highest BCUT2D eigenvalue weighted by atomic mass is 19.1. The molecule has 0 atom stereocenters. The summed E-state index contributed by atoms with van der Waals surface area (Å²) < 4.78 is 14.9. The summed E-state index contributed by atoms with van der Waals surface area (Å²) in [6, 6.07) is 8.03. The Morgan fingerprint density at radius 1 is 1.22 bits per heavy atom. The molecule has 1 aliphatic heterocycles. The molecule has 1 saturated carbocycles. The number of carbonyl (C=O) groups is 2. The molecular formula is C21H26FN3O2. The monoisotopic (exact) mass is 371 g/mol. The number of likely N-dealkylation sites (tertiary alicyclic amines) is 1. The number of alkyl halides is 1. The van der Waals surface area contributed by atoms with Crippen molar-refractivity contribution in [1.82, 2.24) is 15.2 Å². The van der Waals surface area contributed by atoms with E-state index in [1.165, 1.54) is 0 Å². The van der Waals surface area contributed by atoms with Crippen LogP contribution in [0.2, 0.25) is 0 Å². The summed E-state index contributed by atoms with van der Waals surface area (Å²) in [4.78, 5) is 29.6. The van der Waals surface area contributed by atoms with Gasteiger partial charge in [-0.1, -0.05) is 18.2 Å². The quantitative estimate of drug-likeness (QED) is 0.820. The second-order valence-electron chi connectivity index (χ2n) is 7.86. The van der Waals surface area contributed by atoms with Crippen molar-refractivity contribution in [3.63, 3.8) is 0 Å². The average Bonchev–Trinajstić information content (AvgIpc) is 3.43. The smallest absolute Gasteiger partial charge is 0.257 e. The second-order valence-corrected chi connectivity index (χ2v) is 7.86. The fourth-order valence-electron chi connectivity index (χ4n) is 3.79. The molecule has 0 spiro atoms. The lowest BCUT2D eigenvalue weighted by molar-refractivity contribution is -0.142. The third-order valence-electron chi connectivity index (χ3n) is 5.85. The fraction of sp³-hybridized carbons (Fsp3) is 0.524. The van der Waals surface area contributed by atoms with Crippen LogP contribution in [0.5, 0.6) is 0 Å². The van der Waals surface area contributed by atoms with E-state index < -0.39 is 11.6 Å². The molecule has 5 nitrogen and oxygen atoms in total. The molecule has 2 aliphatic rings. The molecule has 2 heterocycles. The molecule has 2 fully saturated rings. The number of benzene rings is 1. The highest BCUT2D eigenvalue weighted by Gasteiger charge is 2.42. The number of H-pyrrole nitrogens is 1. The number of halogens is 1. The van der Waals surface area contributed by atoms with Crippen molar-refractivity contribution in [3.05, 3.63) is 36.0 Å². The first-order valence-corrected chi connectivity index (χ1v) is 9.85. The maximum atomic E-state index is 14.9. The number of aryl methyl sites for hydroxylation is 1. The largest absolute Gasteiger partial charge is 0.361 e. The SMILES string of the molecule is O=C(CCc1c[nH]c2ccccc12)N1CCC(F)(C(=O)NCC2CC2)CC1. The number of hydrogen-bond acceptors (Lipinski definition) is 2. The van der Waals surface area contributed by atoms with Crippen molar-refractivity contribution in [3.8, 4) is 0 Å². The van der Waals surface area contributed by atoms with E-state index in [0.717, 1.165) is 29.3 Å². The van der Waals surface area contributed by atoms with Gasteiger partial charge in [0.1, 0.15) is 0 Å². The summed E-state index contributed by atoms with van der Waals surface area (Å²) >= 11 is 0. The zero-order valence-electron chi connectivity index (χ0n) is 15.5. The first-order valence-electron chi connectivity index (χ1n) is 9.85. The molecule has 1 aromatic heterocycles. The Balaban J connectivity index is 1.27. The minimum absolute atomic E-state index is 0.0284. The summed E-state index contributed by atoms with van der Waals surface area (Å²) in [7, 11) is 0. The summed E-state index contributed by atoms with van der Waals surface area (Å²) in [6.07, 6.45) is 5.42. The molecule has 6 heteroatoms. The van der Waals surface area contributed by atoms with Gasteiger partial charge in [-0.2, -0.15) is 0 Å². The maximum absolute atomic E-state index is 14.9. The number of nitrogens with one attached hydrogen (secondary N) is 2. The van der Waals surface area contributed by atoms with Gasteiger partial charge in [0.2, 0.25) is 5.91 Å². The summed E-state index contributed by atoms with van der Waals surface area (Å²) in [6.45, 7) is 1.19. The fourth-order valence-corrected chi connectivity index (χ4v) is 3.79. The van der Waals surface area contributed by atoms with Gasteiger partial charge in [0, 0.05) is 56.0 Å². The lowest BCUT2D eigenvalue weighted by Gasteiger charge is -2.35. The van der Waals surface area contributed by atoms with Crippen molar-refractivity contribution in [2.45, 2.75) is 44.2 Å². The average molecular weight is 371 g/mol. The van der Waals surface area contributed by atoms with Gasteiger partial charge in [0.05, 0.1) is 0 Å². The van der Waals surface area contributed by atoms with Gasteiger partial charge in [-0.05, 0) is 36.8 Å². The zero-order chi connectivity index (χ0) is 18.9. The van der Waals surface area contributed by atoms with Crippen LogP contribution in [-0.2, 0) is 16.0 Å². The predicted octanol–water partition coefficient (Wildman–Crippen LogP) is 2.96. The summed E-state index contributed by atoms with van der Waals surface area (Å²) in [5.74, 6) is 0.0599. The summed E-state index contributed by atoms with van der Waals surface area (Å²) in [5, 5.41) is 3.88. The molecule has 2 amide bonds. The standard InChI is InChI=1S/C21H26FN3O2/c22-21(20(27)24-13-15-5-6-15)9-11-25(12-10-21)19(26)8-7-16-14-23-18-4-2-1-3-17(16)18/h1-4,14-15,23H,5-13H2,(H,24,27). The van der Waals surface area contributed by atoms with Gasteiger partial charge in [-0.3, -0.25) is 9.59 Å². The highest BCUT2D eigenvalue weighted by molar-refractivity contribution is 5.86. The number of fused-ring (bicyclic) bond motifs is 1. The number of rotatable bonds is 6. The van der Waals surface area contributed by atoms with Gasteiger partial charge in [-0.15, -0.1) is 0 Å². The van der Waals surface area contributed by atoms with Crippen LogP contribution in [0.25, 0.3) is 10.9 Å². The number of amides is 2. The van der Waals surface area contributed by atoms with Crippen LogP contribution in [0.1, 0.15) is 37.7 Å². The predicted molar refractivity (Wildman–Crippen MR) is 102 cm³/mol. The summed E-state index contributed by atoms with van der Waals surface area (Å²) in [5.41, 5.74) is 0.357. The second kappa shape index (κ2) is 7.33. The number of aromatic amines is 1. The molecule has 1 aromatic carbocycles. The first-order chi connectivity index (χ1) is 13.0. The molecule has 4 rings (SSSR count). The van der Waals surface area contributed by atoms with E-state index in [4.69, 9.17) is 0 Å². The van der Waals surface area contributed by atoms with Crippen LogP contribution in [0.3, 0.4) is 0 Å². The normalized spacial score (nSPS) is 19.2. The van der Waals surface area contributed by atoms with Gasteiger partial charge >= 0.3 is 0 Å². The molecule has 1 aliphatic carbocycles. The Bertz CT molecular complexity index is 835. The van der Waals surface area contributed by atoms with E-state index >= 15 is 0 Å². The van der Waals surface area contributed by atoms with Crippen molar-refractivity contribution in [2.24, 2.45) is 5.92 Å². The molecular weight excluding hydrogens is 345 g/mol. The first kappa shape index (κ1) is 18.0. The van der Waals surface area contributed by atoms with E-state index in [1.807, 2.05) is 30.5 Å². The lowest BCUT2D eigenvalue weighted by Crippen LogP contribution is -2.52. The van der Waals surface area contributed by atoms with Gasteiger partial charge < -0.3 is 15.2 Å². The maximum Gasteiger partial charge on any atom is 0.257 e. The topological polar surface area (TPSA) is 65.2 Å². The van der Waals surface area contributed by atoms with Gasteiger partial charge in [0.25, 0.3) is 5.91 Å². The van der Waals surface area contributed by atoms with Crippen LogP contribution in [-0.4, -0.2) is 47.0 Å². The van der Waals surface area contributed by atoms with Gasteiger partial charge in [-0.25, -0.2) is 4.39 Å². The van der Waals surface area contributed by atoms with Crippen LogP contribution in [0.15, 0.2) is 30.5 Å². The molecule has 0 unspecified atom stereocenters. The molecule has 2 aromatic rings. The Labute approximate surface area is 158 Å². The molecule has 144 valence electrons. The zero-order valence-corrected chi connectivity index (χ0v) is 15.5. The molecule has 27 heavy (non-hydrogen) atoms. The van der Waals surface area contributed by atoms with Crippen LogP contribution in [0, 0.1) is 5.92 Å². The van der Waals surface area contributed by atoms with Crippen LogP contribution >= 0.6 is 0 Å². The van der Waals surface area contributed by atoms with E-state index in [1.54, 1.807) is 4.90 Å². The van der Waals surface area contributed by atoms with E-state index in [9.17, 15) is 14.0 Å². The van der Waals surface area contributed by atoms with Crippen LogP contribution < -0.4 is 5.32 Å². The Morgan fingerprint density at radius 2 is 1.96 bits per heavy atom. The third-order valence-corrected chi connectivity index (χ3v) is 5.85. The number of carbonyl (C=O) groups excluding carboxylic acids is 2. The third kappa shape index (κ3) is 3.99. The van der Waals surface area contributed by atoms with Crippen molar-refractivity contribution >= 4 is 22.7 Å². The van der Waals surface area contributed by atoms with Crippen molar-refractivity contribution in [1.29, 1.82) is 0 Å². The number of hydrogen-bond donors (Lipinski definition) is 2. The number of aromatic nitrogens is 1. The van der Waals surface area contributed by atoms with Gasteiger partial charge in [0.15, 0.2) is 5.67 Å². The van der Waals surface area contributed by atoms with E-state index in [0.29, 0.717) is 38.4 Å². The number of nitrogens with zero attached hydrogens (tertiary/aromatic N) is 1. The molecule has 1 saturated heterocycles. The van der Waals surface area contributed by atoms with E-state index in [2.05, 4.69) is 10.3 Å². The van der Waals surface area contributed by atoms with Crippen molar-refractivity contribution in [2.75, 3.05) is 19.6 Å². The number of para-hydroxylation sites is 1. The lowest BCUT2D eigenvalue weighted by atomic mass is 9.92. The Kier molecular flexibility index (Phi) is 4.89. The minimum atomic E-state index is -1.83. The Hall–Kier alpha value is -2.37. The van der Waals surface area contributed by atoms with Crippen LogP contribution in [0.4, 0.5) is 4.39 Å². The minimum Gasteiger partial charge on any atom is -0.361 e. The highest BCUT2D eigenvalue weighted by Crippen LogP contribution is 2.30. The Morgan fingerprint density at radius 3 is 2.70 bits per heavy atom. The molecule has 2 N–H and O–H groups in total. The molecule has 0 radical (unpaired) electrons. The van der Waals surface area contributed by atoms with E-state index in [-0.39, 0.29) is 18.7 Å². The molecule has 0 bridgehead atoms.